The molecule has 1 fully saturated rings. The number of piperidine rings is 1. The fourth-order valence-corrected chi connectivity index (χ4v) is 2.48. The topological polar surface area (TPSA) is 75.1 Å². The highest BCUT2D eigenvalue weighted by atomic mass is 16.1. The van der Waals surface area contributed by atoms with Gasteiger partial charge in [0.05, 0.1) is 11.8 Å². The van der Waals surface area contributed by atoms with E-state index in [1.807, 2.05) is 6.07 Å². The minimum atomic E-state index is -0.107. The first-order valence-electron chi connectivity index (χ1n) is 6.28. The zero-order chi connectivity index (χ0) is 13.0. The van der Waals surface area contributed by atoms with E-state index in [9.17, 15) is 4.79 Å². The number of likely N-dealkylation sites (tertiary alicyclic amines) is 1. The van der Waals surface area contributed by atoms with Crippen molar-refractivity contribution in [3.8, 4) is 6.07 Å². The van der Waals surface area contributed by atoms with Crippen LogP contribution in [0.2, 0.25) is 0 Å². The number of nitrogens with two attached hydrogens (primary N) is 1. The zero-order valence-electron chi connectivity index (χ0n) is 10.4. The highest BCUT2D eigenvalue weighted by molar-refractivity contribution is 5.33. The molecule has 1 aliphatic rings. The number of aromatic nitrogens is 1. The lowest BCUT2D eigenvalue weighted by atomic mass is 10.1. The number of nitriles is 1. The smallest absolute Gasteiger partial charge is 0.273 e. The van der Waals surface area contributed by atoms with Gasteiger partial charge in [0, 0.05) is 31.7 Å². The van der Waals surface area contributed by atoms with E-state index in [-0.39, 0.29) is 11.6 Å². The van der Waals surface area contributed by atoms with Crippen LogP contribution in [-0.4, -0.2) is 29.1 Å². The van der Waals surface area contributed by atoms with Gasteiger partial charge in [-0.15, -0.1) is 0 Å². The summed E-state index contributed by atoms with van der Waals surface area (Å²) in [5.41, 5.74) is 5.84. The molecule has 2 heterocycles. The Hall–Kier alpha value is -1.80. The van der Waals surface area contributed by atoms with Crippen LogP contribution in [0.4, 0.5) is 5.69 Å². The summed E-state index contributed by atoms with van der Waals surface area (Å²) in [7, 11) is 0. The average Bonchev–Trinajstić information content (AvgIpc) is 2.40. The predicted octanol–water partition coefficient (Wildman–Crippen LogP) is 0.981. The van der Waals surface area contributed by atoms with E-state index in [0.717, 1.165) is 32.5 Å². The lowest BCUT2D eigenvalue weighted by Gasteiger charge is -2.33. The van der Waals surface area contributed by atoms with Crippen molar-refractivity contribution in [2.45, 2.75) is 25.3 Å². The van der Waals surface area contributed by atoms with Gasteiger partial charge >= 0.3 is 0 Å². The molecule has 1 aliphatic heterocycles. The Morgan fingerprint density at radius 2 is 2.39 bits per heavy atom. The summed E-state index contributed by atoms with van der Waals surface area (Å²) in [5.74, 6) is 0. The number of nitrogens with zero attached hydrogens (tertiary/aromatic N) is 3. The molecule has 5 heteroatoms. The van der Waals surface area contributed by atoms with Gasteiger partial charge in [0.1, 0.15) is 0 Å². The van der Waals surface area contributed by atoms with Crippen molar-refractivity contribution in [1.29, 1.82) is 5.26 Å². The van der Waals surface area contributed by atoms with E-state index in [1.54, 1.807) is 16.8 Å². The molecule has 1 atom stereocenters. The fourth-order valence-electron chi connectivity index (χ4n) is 2.48. The van der Waals surface area contributed by atoms with Gasteiger partial charge < -0.3 is 15.2 Å². The van der Waals surface area contributed by atoms with Crippen LogP contribution in [0.25, 0.3) is 0 Å². The molecule has 2 N–H and O–H groups in total. The average molecular weight is 246 g/mol. The van der Waals surface area contributed by atoms with Crippen molar-refractivity contribution >= 4 is 5.69 Å². The molecule has 0 radical (unpaired) electrons. The molecule has 0 spiro atoms. The summed E-state index contributed by atoms with van der Waals surface area (Å²) in [6, 6.07) is 5.78. The number of rotatable bonds is 3. The molecule has 0 aromatic carbocycles. The Morgan fingerprint density at radius 3 is 3.17 bits per heavy atom. The Labute approximate surface area is 106 Å². The Morgan fingerprint density at radius 1 is 1.56 bits per heavy atom. The Kier molecular flexibility index (Phi) is 4.00. The minimum Gasteiger partial charge on any atom is -0.394 e. The molecule has 0 amide bonds. The van der Waals surface area contributed by atoms with Crippen LogP contribution in [0.5, 0.6) is 0 Å². The van der Waals surface area contributed by atoms with Gasteiger partial charge in [-0.3, -0.25) is 4.79 Å². The second-order valence-electron chi connectivity index (χ2n) is 4.68. The maximum absolute atomic E-state index is 12.0. The second-order valence-corrected chi connectivity index (χ2v) is 4.68. The van der Waals surface area contributed by atoms with Gasteiger partial charge in [0.25, 0.3) is 5.56 Å². The lowest BCUT2D eigenvalue weighted by molar-refractivity contribution is 0.178. The molecule has 1 unspecified atom stereocenters. The monoisotopic (exact) mass is 246 g/mol. The van der Waals surface area contributed by atoms with Crippen molar-refractivity contribution in [1.82, 2.24) is 9.47 Å². The summed E-state index contributed by atoms with van der Waals surface area (Å²) < 4.78 is 1.73. The van der Waals surface area contributed by atoms with Crippen LogP contribution in [0, 0.1) is 11.3 Å². The summed E-state index contributed by atoms with van der Waals surface area (Å²) in [6.07, 6.45) is 4.39. The van der Waals surface area contributed by atoms with Crippen molar-refractivity contribution in [3.05, 3.63) is 28.7 Å². The first kappa shape index (κ1) is 12.7. The molecule has 0 saturated carbocycles. The standard InChI is InChI=1S/C13H18N4O/c14-6-3-8-16-7-1-4-11(10-16)17-9-2-5-12(15)13(17)18/h2,5,9,11H,1,3-4,7-8,10,15H2. The van der Waals surface area contributed by atoms with Gasteiger partial charge in [0.15, 0.2) is 0 Å². The summed E-state index contributed by atoms with van der Waals surface area (Å²) in [6.45, 7) is 2.62. The van der Waals surface area contributed by atoms with Crippen molar-refractivity contribution in [3.63, 3.8) is 0 Å². The maximum atomic E-state index is 12.0. The Bertz CT molecular complexity index is 502. The minimum absolute atomic E-state index is 0.107. The van der Waals surface area contributed by atoms with E-state index in [1.165, 1.54) is 0 Å². The molecular weight excluding hydrogens is 228 g/mol. The number of nitrogen functional groups attached to an aromatic ring is 1. The van der Waals surface area contributed by atoms with E-state index >= 15 is 0 Å². The van der Waals surface area contributed by atoms with Gasteiger partial charge in [-0.05, 0) is 31.5 Å². The van der Waals surface area contributed by atoms with Gasteiger partial charge in [-0.1, -0.05) is 0 Å². The maximum Gasteiger partial charge on any atom is 0.273 e. The van der Waals surface area contributed by atoms with Crippen molar-refractivity contribution in [2.24, 2.45) is 0 Å². The highest BCUT2D eigenvalue weighted by Gasteiger charge is 2.21. The van der Waals surface area contributed by atoms with Crippen LogP contribution in [0.1, 0.15) is 25.3 Å². The first-order valence-corrected chi connectivity index (χ1v) is 6.28. The van der Waals surface area contributed by atoms with E-state index in [0.29, 0.717) is 12.1 Å². The molecular formula is C13H18N4O. The molecule has 1 aromatic heterocycles. The van der Waals surface area contributed by atoms with Crippen LogP contribution in [0.15, 0.2) is 23.1 Å². The SMILES string of the molecule is N#CCCN1CCCC(n2cccc(N)c2=O)C1. The third-order valence-electron chi connectivity index (χ3n) is 3.42. The first-order chi connectivity index (χ1) is 8.72. The van der Waals surface area contributed by atoms with E-state index < -0.39 is 0 Å². The van der Waals surface area contributed by atoms with Crippen LogP contribution < -0.4 is 11.3 Å². The van der Waals surface area contributed by atoms with E-state index in [2.05, 4.69) is 11.0 Å². The predicted molar refractivity (Wildman–Crippen MR) is 70.1 cm³/mol. The highest BCUT2D eigenvalue weighted by Crippen LogP contribution is 2.20. The summed E-state index contributed by atoms with van der Waals surface area (Å²) >= 11 is 0. The van der Waals surface area contributed by atoms with Crippen LogP contribution >= 0.6 is 0 Å². The quantitative estimate of drug-likeness (QED) is 0.862. The van der Waals surface area contributed by atoms with Gasteiger partial charge in [-0.25, -0.2) is 0 Å². The molecule has 1 saturated heterocycles. The lowest BCUT2D eigenvalue weighted by Crippen LogP contribution is -2.40. The van der Waals surface area contributed by atoms with Gasteiger partial charge in [-0.2, -0.15) is 5.26 Å². The number of hydrogen-bond donors (Lipinski definition) is 1. The molecule has 5 nitrogen and oxygen atoms in total. The van der Waals surface area contributed by atoms with Crippen LogP contribution in [-0.2, 0) is 0 Å². The normalized spacial score (nSPS) is 20.5. The molecule has 0 bridgehead atoms. The zero-order valence-corrected chi connectivity index (χ0v) is 10.4. The number of anilines is 1. The third-order valence-corrected chi connectivity index (χ3v) is 3.42. The van der Waals surface area contributed by atoms with Crippen LogP contribution in [0.3, 0.4) is 0 Å². The third kappa shape index (κ3) is 2.71. The summed E-state index contributed by atoms with van der Waals surface area (Å²) in [4.78, 5) is 14.2. The number of pyridine rings is 1. The van der Waals surface area contributed by atoms with Crippen molar-refractivity contribution in [2.75, 3.05) is 25.4 Å². The molecule has 1 aromatic rings. The van der Waals surface area contributed by atoms with Crippen molar-refractivity contribution < 1.29 is 0 Å². The molecule has 96 valence electrons. The number of hydrogen-bond acceptors (Lipinski definition) is 4. The molecule has 2 rings (SSSR count). The largest absolute Gasteiger partial charge is 0.394 e. The summed E-state index contributed by atoms with van der Waals surface area (Å²) in [5, 5.41) is 8.61. The fraction of sp³-hybridized carbons (Fsp3) is 0.538. The second kappa shape index (κ2) is 5.69. The molecule has 0 aliphatic carbocycles. The Balaban J connectivity index is 2.11. The van der Waals surface area contributed by atoms with E-state index in [4.69, 9.17) is 11.0 Å². The molecule has 18 heavy (non-hydrogen) atoms. The van der Waals surface area contributed by atoms with Gasteiger partial charge in [0.2, 0.25) is 0 Å².